The number of thiophene rings is 1. The summed E-state index contributed by atoms with van der Waals surface area (Å²) in [6.07, 6.45) is 5.92. The van der Waals surface area contributed by atoms with Gasteiger partial charge in [-0.15, -0.1) is 11.3 Å². The van der Waals surface area contributed by atoms with Crippen molar-refractivity contribution in [2.24, 2.45) is 11.3 Å². The lowest BCUT2D eigenvalue weighted by atomic mass is 9.67. The van der Waals surface area contributed by atoms with E-state index in [1.807, 2.05) is 11.3 Å². The van der Waals surface area contributed by atoms with Gasteiger partial charge in [0, 0.05) is 37.1 Å². The van der Waals surface area contributed by atoms with Crippen LogP contribution in [0.4, 0.5) is 0 Å². The SMILES string of the molecule is CC(CNC(=O)[C@@]12CCCC[C@H]1CNC2)N1CCc2sccc2C1. The van der Waals surface area contributed by atoms with Gasteiger partial charge in [0.2, 0.25) is 5.91 Å². The first kappa shape index (κ1) is 16.6. The maximum atomic E-state index is 13.0. The molecule has 1 saturated carbocycles. The molecule has 2 aliphatic heterocycles. The van der Waals surface area contributed by atoms with Crippen molar-refractivity contribution in [3.05, 3.63) is 21.9 Å². The van der Waals surface area contributed by atoms with E-state index in [-0.39, 0.29) is 5.41 Å². The molecular formula is C19H29N3OS. The predicted octanol–water partition coefficient (Wildman–Crippen LogP) is 2.39. The number of nitrogens with one attached hydrogen (secondary N) is 2. The summed E-state index contributed by atoms with van der Waals surface area (Å²) in [6, 6.07) is 2.66. The topological polar surface area (TPSA) is 44.4 Å². The summed E-state index contributed by atoms with van der Waals surface area (Å²) < 4.78 is 0. The Bertz CT molecular complexity index is 601. The third-order valence-electron chi connectivity index (χ3n) is 6.51. The van der Waals surface area contributed by atoms with E-state index < -0.39 is 0 Å². The largest absolute Gasteiger partial charge is 0.354 e. The molecule has 2 fully saturated rings. The molecule has 5 heteroatoms. The Morgan fingerprint density at radius 3 is 3.38 bits per heavy atom. The van der Waals surface area contributed by atoms with Crippen LogP contribution in [-0.2, 0) is 17.8 Å². The van der Waals surface area contributed by atoms with Crippen molar-refractivity contribution in [2.45, 2.75) is 51.6 Å². The normalized spacial score (nSPS) is 31.3. The molecule has 1 aromatic rings. The maximum Gasteiger partial charge on any atom is 0.227 e. The highest BCUT2D eigenvalue weighted by Gasteiger charge is 2.49. The van der Waals surface area contributed by atoms with Crippen molar-refractivity contribution in [1.82, 2.24) is 15.5 Å². The number of carbonyl (C=O) groups is 1. The Morgan fingerprint density at radius 2 is 2.46 bits per heavy atom. The molecule has 2 N–H and O–H groups in total. The minimum Gasteiger partial charge on any atom is -0.354 e. The fraction of sp³-hybridized carbons (Fsp3) is 0.737. The summed E-state index contributed by atoms with van der Waals surface area (Å²) in [6.45, 7) is 7.06. The number of amides is 1. The Hall–Kier alpha value is -0.910. The third-order valence-corrected chi connectivity index (χ3v) is 7.53. The van der Waals surface area contributed by atoms with Crippen LogP contribution >= 0.6 is 11.3 Å². The first-order chi connectivity index (χ1) is 11.7. The maximum absolute atomic E-state index is 13.0. The summed E-state index contributed by atoms with van der Waals surface area (Å²) in [5, 5.41) is 8.99. The fourth-order valence-corrected chi connectivity index (χ4v) is 5.77. The Morgan fingerprint density at radius 1 is 1.54 bits per heavy atom. The molecule has 3 aliphatic rings. The molecule has 4 nitrogen and oxygen atoms in total. The van der Waals surface area contributed by atoms with Crippen LogP contribution in [0, 0.1) is 11.3 Å². The highest BCUT2D eigenvalue weighted by atomic mass is 32.1. The van der Waals surface area contributed by atoms with Crippen molar-refractivity contribution in [3.63, 3.8) is 0 Å². The molecule has 1 aromatic heterocycles. The molecule has 24 heavy (non-hydrogen) atoms. The fourth-order valence-electron chi connectivity index (χ4n) is 4.88. The van der Waals surface area contributed by atoms with Gasteiger partial charge in [0.15, 0.2) is 0 Å². The standard InChI is InChI=1S/C19H29N3OS/c1-14(22-8-5-17-15(12-22)6-9-24-17)10-21-18(23)19-7-3-2-4-16(19)11-20-13-19/h6,9,14,16,20H,2-5,7-8,10-13H2,1H3,(H,21,23)/t14?,16-,19+/m0/s1. The van der Waals surface area contributed by atoms with Crippen LogP contribution in [0.5, 0.6) is 0 Å². The summed E-state index contributed by atoms with van der Waals surface area (Å²) >= 11 is 1.88. The molecule has 1 amide bonds. The van der Waals surface area contributed by atoms with Crippen LogP contribution in [0.3, 0.4) is 0 Å². The van der Waals surface area contributed by atoms with Crippen LogP contribution < -0.4 is 10.6 Å². The smallest absolute Gasteiger partial charge is 0.227 e. The van der Waals surface area contributed by atoms with Gasteiger partial charge in [-0.2, -0.15) is 0 Å². The molecule has 1 aliphatic carbocycles. The van der Waals surface area contributed by atoms with E-state index >= 15 is 0 Å². The van der Waals surface area contributed by atoms with E-state index in [0.29, 0.717) is 17.9 Å². The van der Waals surface area contributed by atoms with Gasteiger partial charge in [0.1, 0.15) is 0 Å². The summed E-state index contributed by atoms with van der Waals surface area (Å²) in [4.78, 5) is 17.0. The van der Waals surface area contributed by atoms with E-state index in [1.54, 1.807) is 4.88 Å². The highest BCUT2D eigenvalue weighted by Crippen LogP contribution is 2.43. The van der Waals surface area contributed by atoms with Gasteiger partial charge in [-0.05, 0) is 55.7 Å². The number of hydrogen-bond donors (Lipinski definition) is 2. The van der Waals surface area contributed by atoms with Crippen molar-refractivity contribution in [2.75, 3.05) is 26.2 Å². The Labute approximate surface area is 149 Å². The van der Waals surface area contributed by atoms with Crippen molar-refractivity contribution in [1.29, 1.82) is 0 Å². The van der Waals surface area contributed by atoms with Crippen molar-refractivity contribution >= 4 is 17.2 Å². The van der Waals surface area contributed by atoms with Crippen LogP contribution in [-0.4, -0.2) is 43.0 Å². The van der Waals surface area contributed by atoms with Gasteiger partial charge in [-0.1, -0.05) is 12.8 Å². The number of fused-ring (bicyclic) bond motifs is 2. The van der Waals surface area contributed by atoms with Gasteiger partial charge in [-0.25, -0.2) is 0 Å². The van der Waals surface area contributed by atoms with E-state index in [2.05, 4.69) is 33.9 Å². The third kappa shape index (κ3) is 2.91. The van der Waals surface area contributed by atoms with E-state index in [4.69, 9.17) is 0 Å². The molecule has 132 valence electrons. The van der Waals surface area contributed by atoms with Crippen molar-refractivity contribution in [3.8, 4) is 0 Å². The van der Waals surface area contributed by atoms with E-state index in [9.17, 15) is 4.79 Å². The van der Waals surface area contributed by atoms with Crippen LogP contribution in [0.2, 0.25) is 0 Å². The van der Waals surface area contributed by atoms with Crippen LogP contribution in [0.15, 0.2) is 11.4 Å². The molecule has 3 heterocycles. The summed E-state index contributed by atoms with van der Waals surface area (Å²) in [7, 11) is 0. The second-order valence-electron chi connectivity index (χ2n) is 7.88. The molecule has 1 unspecified atom stereocenters. The minimum absolute atomic E-state index is 0.125. The molecule has 0 aromatic carbocycles. The van der Waals surface area contributed by atoms with E-state index in [0.717, 1.165) is 45.6 Å². The first-order valence-corrected chi connectivity index (χ1v) is 10.4. The molecule has 0 bridgehead atoms. The number of hydrogen-bond acceptors (Lipinski definition) is 4. The molecule has 1 saturated heterocycles. The first-order valence-electron chi connectivity index (χ1n) is 9.47. The highest BCUT2D eigenvalue weighted by molar-refractivity contribution is 7.10. The zero-order valence-corrected chi connectivity index (χ0v) is 15.5. The quantitative estimate of drug-likeness (QED) is 0.879. The summed E-state index contributed by atoms with van der Waals surface area (Å²) in [5.41, 5.74) is 1.36. The van der Waals surface area contributed by atoms with Gasteiger partial charge >= 0.3 is 0 Å². The minimum atomic E-state index is -0.125. The second kappa shape index (κ2) is 6.77. The number of carbonyl (C=O) groups excluding carboxylic acids is 1. The lowest BCUT2D eigenvalue weighted by Crippen LogP contribution is -2.51. The molecule has 0 radical (unpaired) electrons. The van der Waals surface area contributed by atoms with E-state index in [1.165, 1.54) is 24.8 Å². The van der Waals surface area contributed by atoms with Gasteiger partial charge in [0.05, 0.1) is 5.41 Å². The molecular weight excluding hydrogens is 318 g/mol. The molecule has 4 rings (SSSR count). The van der Waals surface area contributed by atoms with Gasteiger partial charge in [0.25, 0.3) is 0 Å². The van der Waals surface area contributed by atoms with Gasteiger partial charge < -0.3 is 10.6 Å². The second-order valence-corrected chi connectivity index (χ2v) is 8.88. The Kier molecular flexibility index (Phi) is 4.67. The molecule has 0 spiro atoms. The van der Waals surface area contributed by atoms with Crippen LogP contribution in [0.1, 0.15) is 43.0 Å². The lowest BCUT2D eigenvalue weighted by molar-refractivity contribution is -0.134. The van der Waals surface area contributed by atoms with Crippen molar-refractivity contribution < 1.29 is 4.79 Å². The molecule has 3 atom stereocenters. The summed E-state index contributed by atoms with van der Waals surface area (Å²) in [5.74, 6) is 0.849. The lowest BCUT2D eigenvalue weighted by Gasteiger charge is -2.38. The zero-order chi connectivity index (χ0) is 16.6. The zero-order valence-electron chi connectivity index (χ0n) is 14.6. The van der Waals surface area contributed by atoms with Crippen LogP contribution in [0.25, 0.3) is 0 Å². The van der Waals surface area contributed by atoms with Gasteiger partial charge in [-0.3, -0.25) is 9.69 Å². The Balaban J connectivity index is 1.34. The predicted molar refractivity (Wildman–Crippen MR) is 98.2 cm³/mol. The average Bonchev–Trinajstić information content (AvgIpc) is 3.25. The number of rotatable bonds is 4. The number of nitrogens with zero attached hydrogens (tertiary/aromatic N) is 1. The average molecular weight is 348 g/mol. The monoisotopic (exact) mass is 347 g/mol.